The first-order chi connectivity index (χ1) is 13.2. The average Bonchev–Trinajstić information content (AvgIpc) is 3.14. The molecule has 0 bridgehead atoms. The number of hydrogen-bond acceptors (Lipinski definition) is 4. The first-order valence-corrected chi connectivity index (χ1v) is 9.64. The Hall–Kier alpha value is -2.37. The number of nitrogens with one attached hydrogen (secondary N) is 1. The molecule has 0 spiro atoms. The second-order valence-corrected chi connectivity index (χ2v) is 7.38. The standard InChI is InChI=1S/C21H17BrClNO3/c22-16-5-7-19(25-12-14-3-1-2-4-18(14)23)15(9-16)11-24-17-6-8-20-21(10-17)27-13-26-20/h1-10,24H,11-13H2. The minimum Gasteiger partial charge on any atom is -0.488 e. The molecule has 3 aromatic carbocycles. The smallest absolute Gasteiger partial charge is 0.231 e. The third-order valence-corrected chi connectivity index (χ3v) is 5.08. The summed E-state index contributed by atoms with van der Waals surface area (Å²) in [5.41, 5.74) is 2.95. The molecule has 1 aliphatic heterocycles. The fourth-order valence-corrected chi connectivity index (χ4v) is 3.40. The van der Waals surface area contributed by atoms with E-state index in [1.165, 1.54) is 0 Å². The highest BCUT2D eigenvalue weighted by atomic mass is 79.9. The summed E-state index contributed by atoms with van der Waals surface area (Å²) in [4.78, 5) is 0. The summed E-state index contributed by atoms with van der Waals surface area (Å²) in [5, 5.41) is 4.11. The van der Waals surface area contributed by atoms with Crippen LogP contribution in [0.2, 0.25) is 5.02 Å². The molecule has 0 fully saturated rings. The topological polar surface area (TPSA) is 39.7 Å². The molecule has 0 saturated heterocycles. The Morgan fingerprint density at radius 3 is 2.70 bits per heavy atom. The molecule has 0 amide bonds. The van der Waals surface area contributed by atoms with Crippen LogP contribution in [0.4, 0.5) is 5.69 Å². The van der Waals surface area contributed by atoms with Gasteiger partial charge in [-0.25, -0.2) is 0 Å². The van der Waals surface area contributed by atoms with Gasteiger partial charge < -0.3 is 19.5 Å². The minimum atomic E-state index is 0.268. The van der Waals surface area contributed by atoms with Crippen molar-refractivity contribution in [3.63, 3.8) is 0 Å². The lowest BCUT2D eigenvalue weighted by molar-refractivity contribution is 0.174. The first kappa shape index (κ1) is 18.0. The van der Waals surface area contributed by atoms with Crippen molar-refractivity contribution < 1.29 is 14.2 Å². The average molecular weight is 447 g/mol. The van der Waals surface area contributed by atoms with Gasteiger partial charge in [0, 0.05) is 38.9 Å². The van der Waals surface area contributed by atoms with E-state index >= 15 is 0 Å². The van der Waals surface area contributed by atoms with Crippen molar-refractivity contribution >= 4 is 33.2 Å². The van der Waals surface area contributed by atoms with Gasteiger partial charge in [0.1, 0.15) is 12.4 Å². The lowest BCUT2D eigenvalue weighted by atomic mass is 10.2. The van der Waals surface area contributed by atoms with Crippen molar-refractivity contribution in [2.24, 2.45) is 0 Å². The van der Waals surface area contributed by atoms with Crippen LogP contribution in [0.3, 0.4) is 0 Å². The highest BCUT2D eigenvalue weighted by molar-refractivity contribution is 9.10. The molecule has 0 radical (unpaired) electrons. The molecule has 1 heterocycles. The molecule has 138 valence electrons. The largest absolute Gasteiger partial charge is 0.488 e. The highest BCUT2D eigenvalue weighted by Crippen LogP contribution is 2.34. The Balaban J connectivity index is 1.47. The lowest BCUT2D eigenvalue weighted by Gasteiger charge is -2.14. The van der Waals surface area contributed by atoms with E-state index in [0.717, 1.165) is 38.5 Å². The fraction of sp³-hybridized carbons (Fsp3) is 0.143. The molecule has 27 heavy (non-hydrogen) atoms. The van der Waals surface area contributed by atoms with Crippen LogP contribution in [0.25, 0.3) is 0 Å². The Kier molecular flexibility index (Phi) is 5.41. The van der Waals surface area contributed by atoms with Crippen LogP contribution in [-0.2, 0) is 13.2 Å². The van der Waals surface area contributed by atoms with Crippen LogP contribution in [0.5, 0.6) is 17.2 Å². The summed E-state index contributed by atoms with van der Waals surface area (Å²) in [6.45, 7) is 1.29. The highest BCUT2D eigenvalue weighted by Gasteiger charge is 2.13. The predicted octanol–water partition coefficient (Wildman–Crippen LogP) is 6.02. The molecule has 4 nitrogen and oxygen atoms in total. The number of halogens is 2. The zero-order chi connectivity index (χ0) is 18.6. The zero-order valence-electron chi connectivity index (χ0n) is 14.4. The second-order valence-electron chi connectivity index (χ2n) is 6.05. The van der Waals surface area contributed by atoms with E-state index in [4.69, 9.17) is 25.8 Å². The zero-order valence-corrected chi connectivity index (χ0v) is 16.7. The summed E-state index contributed by atoms with van der Waals surface area (Å²) >= 11 is 9.75. The lowest BCUT2D eigenvalue weighted by Crippen LogP contribution is -2.04. The van der Waals surface area contributed by atoms with Crippen molar-refractivity contribution in [3.8, 4) is 17.2 Å². The van der Waals surface area contributed by atoms with Crippen LogP contribution in [-0.4, -0.2) is 6.79 Å². The third kappa shape index (κ3) is 4.31. The van der Waals surface area contributed by atoms with Gasteiger partial charge in [0.15, 0.2) is 11.5 Å². The Bertz CT molecular complexity index is 964. The van der Waals surface area contributed by atoms with E-state index in [-0.39, 0.29) is 6.79 Å². The Morgan fingerprint density at radius 2 is 1.81 bits per heavy atom. The SMILES string of the molecule is Clc1ccccc1COc1ccc(Br)cc1CNc1ccc2c(c1)OCO2. The van der Waals surface area contributed by atoms with E-state index in [1.54, 1.807) is 0 Å². The number of anilines is 1. The number of rotatable bonds is 6. The van der Waals surface area contributed by atoms with Crippen LogP contribution < -0.4 is 19.5 Å². The van der Waals surface area contributed by atoms with Crippen molar-refractivity contribution in [1.29, 1.82) is 0 Å². The summed E-state index contributed by atoms with van der Waals surface area (Å²) in [6.07, 6.45) is 0. The van der Waals surface area contributed by atoms with Crippen LogP contribution >= 0.6 is 27.5 Å². The molecular weight excluding hydrogens is 430 g/mol. The second kappa shape index (κ2) is 8.11. The molecule has 0 unspecified atom stereocenters. The van der Waals surface area contributed by atoms with Gasteiger partial charge in [-0.1, -0.05) is 45.7 Å². The summed E-state index contributed by atoms with van der Waals surface area (Å²) in [7, 11) is 0. The van der Waals surface area contributed by atoms with Gasteiger partial charge >= 0.3 is 0 Å². The predicted molar refractivity (Wildman–Crippen MR) is 110 cm³/mol. The fourth-order valence-electron chi connectivity index (χ4n) is 2.80. The van der Waals surface area contributed by atoms with E-state index in [1.807, 2.05) is 60.7 Å². The molecule has 0 saturated carbocycles. The van der Waals surface area contributed by atoms with Gasteiger partial charge in [0.05, 0.1) is 0 Å². The molecule has 0 atom stereocenters. The normalized spacial score (nSPS) is 12.1. The van der Waals surface area contributed by atoms with Crippen LogP contribution in [0.1, 0.15) is 11.1 Å². The monoisotopic (exact) mass is 445 g/mol. The molecule has 0 aromatic heterocycles. The molecule has 3 aromatic rings. The third-order valence-electron chi connectivity index (χ3n) is 4.22. The van der Waals surface area contributed by atoms with Gasteiger partial charge in [-0.2, -0.15) is 0 Å². The van der Waals surface area contributed by atoms with E-state index in [9.17, 15) is 0 Å². The van der Waals surface area contributed by atoms with E-state index < -0.39 is 0 Å². The van der Waals surface area contributed by atoms with Gasteiger partial charge in [0.2, 0.25) is 6.79 Å². The van der Waals surface area contributed by atoms with Crippen molar-refractivity contribution in [2.75, 3.05) is 12.1 Å². The van der Waals surface area contributed by atoms with Gasteiger partial charge in [-0.3, -0.25) is 0 Å². The summed E-state index contributed by atoms with van der Waals surface area (Å²) < 4.78 is 17.8. The summed E-state index contributed by atoms with van der Waals surface area (Å²) in [6, 6.07) is 19.5. The maximum absolute atomic E-state index is 6.22. The molecule has 1 N–H and O–H groups in total. The van der Waals surface area contributed by atoms with Crippen LogP contribution in [0, 0.1) is 0 Å². The van der Waals surface area contributed by atoms with Crippen molar-refractivity contribution in [3.05, 3.63) is 81.3 Å². The van der Waals surface area contributed by atoms with Crippen molar-refractivity contribution in [1.82, 2.24) is 0 Å². The summed E-state index contributed by atoms with van der Waals surface area (Å²) in [5.74, 6) is 2.34. The molecule has 0 aliphatic carbocycles. The Morgan fingerprint density at radius 1 is 0.963 bits per heavy atom. The number of hydrogen-bond donors (Lipinski definition) is 1. The van der Waals surface area contributed by atoms with Gasteiger partial charge in [-0.05, 0) is 36.4 Å². The first-order valence-electron chi connectivity index (χ1n) is 8.47. The van der Waals surface area contributed by atoms with Crippen LogP contribution in [0.15, 0.2) is 65.1 Å². The van der Waals surface area contributed by atoms with Gasteiger partial charge in [-0.15, -0.1) is 0 Å². The van der Waals surface area contributed by atoms with Gasteiger partial charge in [0.25, 0.3) is 0 Å². The van der Waals surface area contributed by atoms with Crippen molar-refractivity contribution in [2.45, 2.75) is 13.2 Å². The minimum absolute atomic E-state index is 0.268. The molecule has 6 heteroatoms. The number of benzene rings is 3. The maximum Gasteiger partial charge on any atom is 0.231 e. The quantitative estimate of drug-likeness (QED) is 0.502. The number of ether oxygens (including phenoxy) is 3. The molecular formula is C21H17BrClNO3. The molecule has 1 aliphatic rings. The Labute approximate surface area is 171 Å². The van der Waals surface area contributed by atoms with E-state index in [2.05, 4.69) is 21.2 Å². The maximum atomic E-state index is 6.22. The molecule has 4 rings (SSSR count). The van der Waals surface area contributed by atoms with E-state index in [0.29, 0.717) is 18.2 Å². The number of fused-ring (bicyclic) bond motifs is 1.